The lowest BCUT2D eigenvalue weighted by Crippen LogP contribution is -2.23. The molecule has 0 aromatic carbocycles. The lowest BCUT2D eigenvalue weighted by atomic mass is 10.2. The molecule has 1 saturated carbocycles. The molecule has 1 aliphatic carbocycles. The number of methoxy groups -OCH3 is 1. The van der Waals surface area contributed by atoms with Gasteiger partial charge in [-0.2, -0.15) is 0 Å². The predicted molar refractivity (Wildman–Crippen MR) is 35.7 cm³/mol. The summed E-state index contributed by atoms with van der Waals surface area (Å²) in [6, 6.07) is 0. The van der Waals surface area contributed by atoms with Gasteiger partial charge in [-0.3, -0.25) is 0 Å². The molecule has 0 spiro atoms. The van der Waals surface area contributed by atoms with E-state index in [1.165, 1.54) is 0 Å². The van der Waals surface area contributed by atoms with Crippen LogP contribution < -0.4 is 0 Å². The summed E-state index contributed by atoms with van der Waals surface area (Å²) in [5.74, 6) is -4.39. The first-order chi connectivity index (χ1) is 5.47. The fourth-order valence-electron chi connectivity index (χ4n) is 1.03. The van der Waals surface area contributed by atoms with E-state index in [9.17, 15) is 13.6 Å². The third kappa shape index (κ3) is 1.91. The molecule has 3 nitrogen and oxygen atoms in total. The average molecular weight is 180 g/mol. The molecule has 70 valence electrons. The Labute approximate surface area is 68.3 Å². The smallest absolute Gasteiger partial charge is 0.334 e. The molecule has 1 fully saturated rings. The molecule has 2 unspecified atom stereocenters. The molecule has 0 aliphatic heterocycles. The summed E-state index contributed by atoms with van der Waals surface area (Å²) < 4.78 is 28.7. The summed E-state index contributed by atoms with van der Waals surface area (Å²) in [7, 11) is 1.11. The van der Waals surface area contributed by atoms with Gasteiger partial charge < -0.3 is 9.84 Å². The van der Waals surface area contributed by atoms with E-state index in [1.54, 1.807) is 0 Å². The SMILES string of the molecule is COC(=O)C(O)CC1CC1(F)F. The number of ether oxygens (including phenoxy) is 1. The van der Waals surface area contributed by atoms with E-state index < -0.39 is 23.9 Å². The molecule has 0 saturated heterocycles. The van der Waals surface area contributed by atoms with E-state index in [2.05, 4.69) is 4.74 Å². The third-order valence-electron chi connectivity index (χ3n) is 1.94. The first-order valence-corrected chi connectivity index (χ1v) is 3.61. The Balaban J connectivity index is 2.29. The van der Waals surface area contributed by atoms with Crippen molar-refractivity contribution in [2.24, 2.45) is 5.92 Å². The zero-order valence-corrected chi connectivity index (χ0v) is 6.59. The van der Waals surface area contributed by atoms with Gasteiger partial charge in [-0.15, -0.1) is 0 Å². The number of hydrogen-bond acceptors (Lipinski definition) is 3. The normalized spacial score (nSPS) is 27.8. The number of rotatable bonds is 3. The fraction of sp³-hybridized carbons (Fsp3) is 0.857. The van der Waals surface area contributed by atoms with E-state index in [0.717, 1.165) is 7.11 Å². The summed E-state index contributed by atoms with van der Waals surface area (Å²) in [5.41, 5.74) is 0. The number of carbonyl (C=O) groups is 1. The quantitative estimate of drug-likeness (QED) is 0.646. The van der Waals surface area contributed by atoms with Gasteiger partial charge >= 0.3 is 5.97 Å². The molecule has 2 atom stereocenters. The summed E-state index contributed by atoms with van der Waals surface area (Å²) in [5, 5.41) is 8.95. The molecule has 0 aromatic heterocycles. The summed E-state index contributed by atoms with van der Waals surface area (Å²) >= 11 is 0. The van der Waals surface area contributed by atoms with Crippen LogP contribution in [0.4, 0.5) is 8.78 Å². The summed E-state index contributed by atoms with van der Waals surface area (Å²) in [6.45, 7) is 0. The molecule has 0 amide bonds. The average Bonchev–Trinajstić information content (AvgIpc) is 2.57. The maximum absolute atomic E-state index is 12.3. The van der Waals surface area contributed by atoms with Crippen molar-refractivity contribution in [3.8, 4) is 0 Å². The Morgan fingerprint density at radius 2 is 2.33 bits per heavy atom. The predicted octanol–water partition coefficient (Wildman–Crippen LogP) is 0.566. The molecule has 1 aliphatic rings. The van der Waals surface area contributed by atoms with E-state index in [0.29, 0.717) is 0 Å². The zero-order chi connectivity index (χ0) is 9.35. The monoisotopic (exact) mass is 180 g/mol. The Morgan fingerprint density at radius 1 is 1.83 bits per heavy atom. The Hall–Kier alpha value is -0.710. The van der Waals surface area contributed by atoms with Crippen molar-refractivity contribution in [2.45, 2.75) is 24.9 Å². The van der Waals surface area contributed by atoms with E-state index >= 15 is 0 Å². The van der Waals surface area contributed by atoms with Crippen LogP contribution in [0, 0.1) is 5.92 Å². The van der Waals surface area contributed by atoms with Gasteiger partial charge in [0.15, 0.2) is 6.10 Å². The second kappa shape index (κ2) is 2.97. The van der Waals surface area contributed by atoms with Crippen molar-refractivity contribution in [3.63, 3.8) is 0 Å². The number of aliphatic hydroxyl groups excluding tert-OH is 1. The van der Waals surface area contributed by atoms with E-state index in [-0.39, 0.29) is 12.8 Å². The van der Waals surface area contributed by atoms with Crippen molar-refractivity contribution < 1.29 is 23.4 Å². The minimum absolute atomic E-state index is 0.209. The van der Waals surface area contributed by atoms with Crippen molar-refractivity contribution in [3.05, 3.63) is 0 Å². The van der Waals surface area contributed by atoms with Crippen molar-refractivity contribution in [2.75, 3.05) is 7.11 Å². The Morgan fingerprint density at radius 3 is 2.67 bits per heavy atom. The zero-order valence-electron chi connectivity index (χ0n) is 6.59. The van der Waals surface area contributed by atoms with Crippen LogP contribution in [0.25, 0.3) is 0 Å². The molecule has 1 rings (SSSR count). The minimum Gasteiger partial charge on any atom is -0.467 e. The highest BCUT2D eigenvalue weighted by molar-refractivity contribution is 5.74. The second-order valence-corrected chi connectivity index (χ2v) is 2.94. The third-order valence-corrected chi connectivity index (χ3v) is 1.94. The number of esters is 1. The molecule has 0 heterocycles. The second-order valence-electron chi connectivity index (χ2n) is 2.94. The lowest BCUT2D eigenvalue weighted by Gasteiger charge is -2.06. The maximum Gasteiger partial charge on any atom is 0.334 e. The van der Waals surface area contributed by atoms with Gasteiger partial charge in [-0.05, 0) is 6.42 Å². The van der Waals surface area contributed by atoms with Crippen LogP contribution >= 0.6 is 0 Å². The molecule has 12 heavy (non-hydrogen) atoms. The van der Waals surface area contributed by atoms with Gasteiger partial charge in [0.2, 0.25) is 0 Å². The van der Waals surface area contributed by atoms with Crippen molar-refractivity contribution in [1.82, 2.24) is 0 Å². The summed E-state index contributed by atoms with van der Waals surface area (Å²) in [6.07, 6.45) is -1.85. The van der Waals surface area contributed by atoms with Gasteiger partial charge in [0, 0.05) is 12.3 Å². The molecule has 0 bridgehead atoms. The number of alkyl halides is 2. The van der Waals surface area contributed by atoms with Crippen LogP contribution in [0.5, 0.6) is 0 Å². The maximum atomic E-state index is 12.3. The molecular weight excluding hydrogens is 170 g/mol. The van der Waals surface area contributed by atoms with Crippen molar-refractivity contribution in [1.29, 1.82) is 0 Å². The lowest BCUT2D eigenvalue weighted by molar-refractivity contribution is -0.151. The van der Waals surface area contributed by atoms with Crippen LogP contribution in [0.1, 0.15) is 12.8 Å². The van der Waals surface area contributed by atoms with Gasteiger partial charge in [-0.25, -0.2) is 13.6 Å². The van der Waals surface area contributed by atoms with Crippen LogP contribution in [0.3, 0.4) is 0 Å². The molecule has 1 N–H and O–H groups in total. The fourth-order valence-corrected chi connectivity index (χ4v) is 1.03. The highest BCUT2D eigenvalue weighted by atomic mass is 19.3. The van der Waals surface area contributed by atoms with E-state index in [4.69, 9.17) is 5.11 Å². The number of aliphatic hydroxyl groups is 1. The molecule has 0 aromatic rings. The van der Waals surface area contributed by atoms with E-state index in [1.807, 2.05) is 0 Å². The standard InChI is InChI=1S/C7H10F2O3/c1-12-6(11)5(10)2-4-3-7(4,8)9/h4-5,10H,2-3H2,1H3. The van der Waals surface area contributed by atoms with Crippen LogP contribution in [0.2, 0.25) is 0 Å². The highest BCUT2D eigenvalue weighted by Gasteiger charge is 2.57. The van der Waals surface area contributed by atoms with Crippen LogP contribution in [-0.2, 0) is 9.53 Å². The molecular formula is C7H10F2O3. The number of hydrogen-bond donors (Lipinski definition) is 1. The highest BCUT2D eigenvalue weighted by Crippen LogP contribution is 2.51. The molecule has 5 heteroatoms. The number of carbonyl (C=O) groups excluding carboxylic acids is 1. The molecule has 0 radical (unpaired) electrons. The van der Waals surface area contributed by atoms with Crippen molar-refractivity contribution >= 4 is 5.97 Å². The first-order valence-electron chi connectivity index (χ1n) is 3.61. The van der Waals surface area contributed by atoms with Gasteiger partial charge in [0.25, 0.3) is 5.92 Å². The van der Waals surface area contributed by atoms with Gasteiger partial charge in [0.1, 0.15) is 0 Å². The Kier molecular flexibility index (Phi) is 2.32. The Bertz CT molecular complexity index is 193. The summed E-state index contributed by atoms with van der Waals surface area (Å²) in [4.78, 5) is 10.6. The first kappa shape index (κ1) is 9.38. The van der Waals surface area contributed by atoms with Gasteiger partial charge in [-0.1, -0.05) is 0 Å². The van der Waals surface area contributed by atoms with Crippen LogP contribution in [-0.4, -0.2) is 30.2 Å². The number of halogens is 2. The minimum atomic E-state index is -2.69. The van der Waals surface area contributed by atoms with Crippen LogP contribution in [0.15, 0.2) is 0 Å². The largest absolute Gasteiger partial charge is 0.467 e. The van der Waals surface area contributed by atoms with Gasteiger partial charge in [0.05, 0.1) is 7.11 Å². The topological polar surface area (TPSA) is 46.5 Å².